The maximum Gasteiger partial charge on any atom is 0.0355 e. The second-order valence-corrected chi connectivity index (χ2v) is 4.93. The second-order valence-electron chi connectivity index (χ2n) is 2.91. The van der Waals surface area contributed by atoms with Crippen LogP contribution in [0.1, 0.15) is 6.92 Å². The topological polar surface area (TPSA) is 38.0 Å². The Kier molecular flexibility index (Phi) is 4.48. The number of hydrogen-bond acceptors (Lipinski definition) is 2. The van der Waals surface area contributed by atoms with E-state index in [1.54, 1.807) is 0 Å². The number of benzene rings is 1. The van der Waals surface area contributed by atoms with E-state index in [1.165, 1.54) is 3.57 Å². The van der Waals surface area contributed by atoms with Crippen LogP contribution < -0.4 is 11.1 Å². The highest BCUT2D eigenvalue weighted by atomic mass is 127. The van der Waals surface area contributed by atoms with Gasteiger partial charge in [-0.15, -0.1) is 0 Å². The standard InChI is InChI=1S/C9H12BrIN2/c1-6(5-12)13-7-2-3-9(11)8(10)4-7/h2-4,6,13H,5,12H2,1H3. The summed E-state index contributed by atoms with van der Waals surface area (Å²) in [7, 11) is 0. The average Bonchev–Trinajstić information content (AvgIpc) is 2.11. The zero-order chi connectivity index (χ0) is 9.84. The van der Waals surface area contributed by atoms with Crippen LogP contribution in [0.25, 0.3) is 0 Å². The molecule has 1 aromatic rings. The minimum atomic E-state index is 0.312. The minimum Gasteiger partial charge on any atom is -0.381 e. The molecule has 0 saturated carbocycles. The summed E-state index contributed by atoms with van der Waals surface area (Å²) in [6, 6.07) is 6.50. The van der Waals surface area contributed by atoms with Gasteiger partial charge >= 0.3 is 0 Å². The molecule has 3 N–H and O–H groups in total. The van der Waals surface area contributed by atoms with Gasteiger partial charge in [-0.2, -0.15) is 0 Å². The normalized spacial score (nSPS) is 12.6. The number of halogens is 2. The maximum absolute atomic E-state index is 5.51. The van der Waals surface area contributed by atoms with Crippen LogP contribution in [0.2, 0.25) is 0 Å². The highest BCUT2D eigenvalue weighted by Crippen LogP contribution is 2.23. The van der Waals surface area contributed by atoms with E-state index < -0.39 is 0 Å². The van der Waals surface area contributed by atoms with Gasteiger partial charge in [-0.25, -0.2) is 0 Å². The molecule has 1 unspecified atom stereocenters. The molecule has 72 valence electrons. The van der Waals surface area contributed by atoms with Crippen molar-refractivity contribution in [3.8, 4) is 0 Å². The van der Waals surface area contributed by atoms with Crippen molar-refractivity contribution in [3.05, 3.63) is 26.2 Å². The summed E-state index contributed by atoms with van der Waals surface area (Å²) in [6.07, 6.45) is 0. The van der Waals surface area contributed by atoms with Gasteiger partial charge in [0.15, 0.2) is 0 Å². The first-order valence-corrected chi connectivity index (χ1v) is 5.92. The molecule has 0 aromatic heterocycles. The molecule has 0 amide bonds. The monoisotopic (exact) mass is 354 g/mol. The number of rotatable bonds is 3. The third kappa shape index (κ3) is 3.44. The lowest BCUT2D eigenvalue weighted by molar-refractivity contribution is 0.804. The molecule has 1 aromatic carbocycles. The Labute approximate surface area is 101 Å². The SMILES string of the molecule is CC(CN)Nc1ccc(I)c(Br)c1. The van der Waals surface area contributed by atoms with Crippen LogP contribution in [0.5, 0.6) is 0 Å². The van der Waals surface area contributed by atoms with E-state index in [1.807, 2.05) is 0 Å². The molecule has 0 saturated heterocycles. The van der Waals surface area contributed by atoms with Crippen LogP contribution in [0.15, 0.2) is 22.7 Å². The predicted molar refractivity (Wildman–Crippen MR) is 69.0 cm³/mol. The highest BCUT2D eigenvalue weighted by molar-refractivity contribution is 14.1. The summed E-state index contributed by atoms with van der Waals surface area (Å²) in [6.45, 7) is 2.70. The Morgan fingerprint density at radius 3 is 2.85 bits per heavy atom. The summed E-state index contributed by atoms with van der Waals surface area (Å²) in [5, 5.41) is 3.30. The van der Waals surface area contributed by atoms with Crippen molar-refractivity contribution in [1.82, 2.24) is 0 Å². The number of nitrogens with one attached hydrogen (secondary N) is 1. The van der Waals surface area contributed by atoms with Crippen LogP contribution in [0.4, 0.5) is 5.69 Å². The molecule has 0 fully saturated rings. The quantitative estimate of drug-likeness (QED) is 0.819. The Hall–Kier alpha value is 0.190. The van der Waals surface area contributed by atoms with Crippen molar-refractivity contribution in [3.63, 3.8) is 0 Å². The Morgan fingerprint density at radius 1 is 1.62 bits per heavy atom. The highest BCUT2D eigenvalue weighted by Gasteiger charge is 2.01. The summed E-state index contributed by atoms with van der Waals surface area (Å²) in [5.41, 5.74) is 6.61. The molecule has 0 aliphatic rings. The van der Waals surface area contributed by atoms with E-state index in [-0.39, 0.29) is 0 Å². The van der Waals surface area contributed by atoms with Gasteiger partial charge in [0.25, 0.3) is 0 Å². The van der Waals surface area contributed by atoms with Crippen molar-refractivity contribution in [2.45, 2.75) is 13.0 Å². The largest absolute Gasteiger partial charge is 0.381 e. The fraction of sp³-hybridized carbons (Fsp3) is 0.333. The van der Waals surface area contributed by atoms with Crippen molar-refractivity contribution >= 4 is 44.2 Å². The summed E-state index contributed by atoms with van der Waals surface area (Å²) in [4.78, 5) is 0. The summed E-state index contributed by atoms with van der Waals surface area (Å²) < 4.78 is 2.32. The molecule has 0 spiro atoms. The Morgan fingerprint density at radius 2 is 2.31 bits per heavy atom. The molecule has 4 heteroatoms. The van der Waals surface area contributed by atoms with Gasteiger partial charge in [0.2, 0.25) is 0 Å². The first-order chi connectivity index (χ1) is 6.13. The molecule has 0 radical (unpaired) electrons. The summed E-state index contributed by atoms with van der Waals surface area (Å²) in [5.74, 6) is 0. The van der Waals surface area contributed by atoms with Gasteiger partial charge in [-0.1, -0.05) is 0 Å². The van der Waals surface area contributed by atoms with Gasteiger partial charge in [0, 0.05) is 26.3 Å². The lowest BCUT2D eigenvalue weighted by Gasteiger charge is -2.13. The first kappa shape index (κ1) is 11.3. The van der Waals surface area contributed by atoms with Crippen molar-refractivity contribution in [2.75, 3.05) is 11.9 Å². The molecule has 1 rings (SSSR count). The van der Waals surface area contributed by atoms with E-state index in [9.17, 15) is 0 Å². The van der Waals surface area contributed by atoms with E-state index in [0.29, 0.717) is 12.6 Å². The van der Waals surface area contributed by atoms with Gasteiger partial charge < -0.3 is 11.1 Å². The molecule has 0 heterocycles. The molecule has 0 aliphatic carbocycles. The van der Waals surface area contributed by atoms with Crippen molar-refractivity contribution in [2.24, 2.45) is 5.73 Å². The molecule has 2 nitrogen and oxygen atoms in total. The zero-order valence-electron chi connectivity index (χ0n) is 7.35. The van der Waals surface area contributed by atoms with Crippen LogP contribution in [0.3, 0.4) is 0 Å². The number of anilines is 1. The van der Waals surface area contributed by atoms with E-state index >= 15 is 0 Å². The predicted octanol–water partition coefficient (Wildman–Crippen LogP) is 2.81. The minimum absolute atomic E-state index is 0.312. The number of nitrogens with two attached hydrogens (primary N) is 1. The molecule has 0 bridgehead atoms. The van der Waals surface area contributed by atoms with Crippen LogP contribution in [-0.4, -0.2) is 12.6 Å². The van der Waals surface area contributed by atoms with Gasteiger partial charge in [-0.3, -0.25) is 0 Å². The molecule has 0 aliphatic heterocycles. The first-order valence-electron chi connectivity index (χ1n) is 4.05. The van der Waals surface area contributed by atoms with Gasteiger partial charge in [0.05, 0.1) is 0 Å². The average molecular weight is 355 g/mol. The van der Waals surface area contributed by atoms with E-state index in [4.69, 9.17) is 5.73 Å². The fourth-order valence-corrected chi connectivity index (χ4v) is 1.64. The zero-order valence-corrected chi connectivity index (χ0v) is 11.1. The smallest absolute Gasteiger partial charge is 0.0355 e. The Bertz CT molecular complexity index is 291. The maximum atomic E-state index is 5.51. The lowest BCUT2D eigenvalue weighted by atomic mass is 10.3. The second kappa shape index (κ2) is 5.17. The Balaban J connectivity index is 2.73. The van der Waals surface area contributed by atoms with Crippen molar-refractivity contribution in [1.29, 1.82) is 0 Å². The van der Waals surface area contributed by atoms with Crippen LogP contribution in [-0.2, 0) is 0 Å². The third-order valence-corrected chi connectivity index (χ3v) is 4.02. The van der Waals surface area contributed by atoms with Gasteiger partial charge in [0.1, 0.15) is 0 Å². The van der Waals surface area contributed by atoms with Crippen LogP contribution in [0, 0.1) is 3.57 Å². The lowest BCUT2D eigenvalue weighted by Crippen LogP contribution is -2.25. The third-order valence-electron chi connectivity index (χ3n) is 1.69. The molecular formula is C9H12BrIN2. The van der Waals surface area contributed by atoms with E-state index in [0.717, 1.165) is 10.2 Å². The molecule has 1 atom stereocenters. The molecule has 13 heavy (non-hydrogen) atoms. The fourth-order valence-electron chi connectivity index (χ4n) is 0.929. The van der Waals surface area contributed by atoms with Crippen molar-refractivity contribution < 1.29 is 0 Å². The molecular weight excluding hydrogens is 343 g/mol. The van der Waals surface area contributed by atoms with Gasteiger partial charge in [-0.05, 0) is 63.6 Å². The summed E-state index contributed by atoms with van der Waals surface area (Å²) >= 11 is 5.76. The number of hydrogen-bond donors (Lipinski definition) is 2. The van der Waals surface area contributed by atoms with E-state index in [2.05, 4.69) is 69.0 Å². The van der Waals surface area contributed by atoms with Crippen LogP contribution >= 0.6 is 38.5 Å².